The molecule has 1 fully saturated rings. The first-order chi connectivity index (χ1) is 18.6. The number of sulfonamides is 1. The number of benzene rings is 2. The number of nitrogens with one attached hydrogen (secondary N) is 1. The maximum atomic E-state index is 14.5. The Bertz CT molecular complexity index is 1420. The van der Waals surface area contributed by atoms with E-state index in [-0.39, 0.29) is 33.9 Å². The van der Waals surface area contributed by atoms with Crippen LogP contribution in [0.3, 0.4) is 0 Å². The number of hydrogen-bond acceptors (Lipinski definition) is 5. The van der Waals surface area contributed by atoms with Crippen LogP contribution in [-0.4, -0.2) is 45.6 Å². The number of anilines is 1. The maximum Gasteiger partial charge on any atom is 0.253 e. The Morgan fingerprint density at radius 3 is 2.27 bits per heavy atom. The average Bonchev–Trinajstić information content (AvgIpc) is 3.10. The number of halogens is 2. The van der Waals surface area contributed by atoms with E-state index in [9.17, 15) is 22.0 Å². The van der Waals surface area contributed by atoms with Gasteiger partial charge in [0.2, 0.25) is 10.0 Å². The van der Waals surface area contributed by atoms with Crippen LogP contribution in [0.2, 0.25) is 0 Å². The van der Waals surface area contributed by atoms with Gasteiger partial charge in [-0.3, -0.25) is 9.52 Å². The largest absolute Gasteiger partial charge is 0.338 e. The van der Waals surface area contributed by atoms with Gasteiger partial charge in [0, 0.05) is 31.4 Å². The van der Waals surface area contributed by atoms with E-state index in [2.05, 4.69) is 42.3 Å². The van der Waals surface area contributed by atoms with Gasteiger partial charge >= 0.3 is 0 Å². The van der Waals surface area contributed by atoms with Crippen molar-refractivity contribution in [1.82, 2.24) is 4.90 Å². The molecule has 0 heterocycles. The molecular weight excluding hydrogens is 534 g/mol. The van der Waals surface area contributed by atoms with Gasteiger partial charge in [-0.1, -0.05) is 33.4 Å². The minimum atomic E-state index is -3.42. The molecule has 3 rings (SSSR count). The molecule has 40 heavy (non-hydrogen) atoms. The van der Waals surface area contributed by atoms with Crippen molar-refractivity contribution in [3.63, 3.8) is 0 Å². The zero-order valence-corrected chi connectivity index (χ0v) is 24.8. The molecule has 1 aliphatic rings. The van der Waals surface area contributed by atoms with Crippen LogP contribution in [0.15, 0.2) is 70.9 Å². The smallest absolute Gasteiger partial charge is 0.253 e. The van der Waals surface area contributed by atoms with Crippen molar-refractivity contribution in [2.75, 3.05) is 31.1 Å². The predicted molar refractivity (Wildman–Crippen MR) is 155 cm³/mol. The van der Waals surface area contributed by atoms with E-state index >= 15 is 0 Å². The van der Waals surface area contributed by atoms with Crippen molar-refractivity contribution in [1.29, 1.82) is 0 Å². The number of nitrogens with zero attached hydrogens (tertiary/aromatic N) is 3. The lowest BCUT2D eigenvalue weighted by molar-refractivity contribution is 0.0421. The Morgan fingerprint density at radius 2 is 1.75 bits per heavy atom. The van der Waals surface area contributed by atoms with Gasteiger partial charge in [0.15, 0.2) is 0 Å². The number of carbonyl (C=O) groups is 1. The molecule has 0 saturated heterocycles. The third-order valence-corrected chi connectivity index (χ3v) is 8.86. The fraction of sp³-hybridized carbons (Fsp3) is 0.433. The number of allylic oxidation sites excluding steroid dienone is 2. The zero-order chi connectivity index (χ0) is 29.9. The second-order valence-electron chi connectivity index (χ2n) is 11.1. The summed E-state index contributed by atoms with van der Waals surface area (Å²) >= 11 is 0. The molecule has 1 N–H and O–H groups in total. The van der Waals surface area contributed by atoms with Crippen molar-refractivity contribution in [2.45, 2.75) is 40.5 Å². The highest BCUT2D eigenvalue weighted by Gasteiger charge is 2.52. The van der Waals surface area contributed by atoms with Crippen molar-refractivity contribution >= 4 is 27.3 Å². The van der Waals surface area contributed by atoms with E-state index in [4.69, 9.17) is 0 Å². The van der Waals surface area contributed by atoms with Crippen LogP contribution in [-0.2, 0) is 10.0 Å². The van der Waals surface area contributed by atoms with Gasteiger partial charge in [-0.25, -0.2) is 17.2 Å². The molecule has 2 aromatic carbocycles. The summed E-state index contributed by atoms with van der Waals surface area (Å²) in [5.41, 5.74) is 0.776. The molecule has 0 aromatic heterocycles. The van der Waals surface area contributed by atoms with Crippen molar-refractivity contribution in [2.24, 2.45) is 27.0 Å². The summed E-state index contributed by atoms with van der Waals surface area (Å²) in [6.07, 6.45) is 4.28. The second kappa shape index (κ2) is 12.0. The van der Waals surface area contributed by atoms with Gasteiger partial charge in [0.05, 0.1) is 17.5 Å². The van der Waals surface area contributed by atoms with E-state index in [1.54, 1.807) is 35.2 Å². The number of carbonyl (C=O) groups excluding carboxylic acids is 1. The zero-order valence-electron chi connectivity index (χ0n) is 24.0. The SMILES string of the molecule is C=C(/C=C(\N=N/C)c1c(F)cccc1F)[C@@H]1CC[C@@](C)(CN(CC)C(=O)c2ccc(NS(C)(=O)=O)cc2)C1(C)C. The van der Waals surface area contributed by atoms with Crippen LogP contribution in [0.4, 0.5) is 14.5 Å². The first-order valence-corrected chi connectivity index (χ1v) is 15.0. The van der Waals surface area contributed by atoms with Crippen molar-refractivity contribution < 1.29 is 22.0 Å². The van der Waals surface area contributed by atoms with Crippen LogP contribution < -0.4 is 4.72 Å². The van der Waals surface area contributed by atoms with E-state index in [1.165, 1.54) is 25.2 Å². The Kier molecular flexibility index (Phi) is 9.34. The van der Waals surface area contributed by atoms with Gasteiger partial charge in [0.1, 0.15) is 11.6 Å². The van der Waals surface area contributed by atoms with Crippen LogP contribution in [0.5, 0.6) is 0 Å². The second-order valence-corrected chi connectivity index (χ2v) is 12.9. The molecule has 0 spiro atoms. The summed E-state index contributed by atoms with van der Waals surface area (Å²) in [6, 6.07) is 10.0. The van der Waals surface area contributed by atoms with Gasteiger partial charge in [-0.05, 0) is 84.6 Å². The molecule has 0 aliphatic heterocycles. The van der Waals surface area contributed by atoms with E-state index < -0.39 is 21.7 Å². The topological polar surface area (TPSA) is 91.2 Å². The van der Waals surface area contributed by atoms with Crippen molar-refractivity contribution in [3.05, 3.63) is 83.5 Å². The average molecular weight is 573 g/mol. The highest BCUT2D eigenvalue weighted by Crippen LogP contribution is 2.58. The standard InChI is InChI=1S/C30H38F2N4O3S/c1-8-36(28(37)21-12-14-22(15-13-21)35-40(7,38)39)19-30(5)17-16-23(29(30,3)4)20(2)18-26(34-33-6)27-24(31)10-9-11-25(27)32/h9-15,18,23,35H,2,8,16-17,19H2,1,3-7H3/b26-18-,34-33-/t23-,30-/m0/s1. The summed E-state index contributed by atoms with van der Waals surface area (Å²) in [7, 11) is -1.97. The monoisotopic (exact) mass is 572 g/mol. The lowest BCUT2D eigenvalue weighted by atomic mass is 9.64. The van der Waals surface area contributed by atoms with Crippen LogP contribution >= 0.6 is 0 Å². The van der Waals surface area contributed by atoms with Crippen LogP contribution in [0.1, 0.15) is 56.5 Å². The van der Waals surface area contributed by atoms with Gasteiger partial charge in [0.25, 0.3) is 5.91 Å². The number of rotatable bonds is 10. The quantitative estimate of drug-likeness (QED) is 0.247. The van der Waals surface area contributed by atoms with Crippen molar-refractivity contribution in [3.8, 4) is 0 Å². The molecular formula is C30H38F2N4O3S. The molecule has 7 nitrogen and oxygen atoms in total. The molecule has 1 amide bonds. The summed E-state index contributed by atoms with van der Waals surface area (Å²) in [5, 5.41) is 7.78. The summed E-state index contributed by atoms with van der Waals surface area (Å²) in [5.74, 6) is -1.61. The highest BCUT2D eigenvalue weighted by molar-refractivity contribution is 7.92. The maximum absolute atomic E-state index is 14.5. The van der Waals surface area contributed by atoms with Crippen LogP contribution in [0.25, 0.3) is 5.70 Å². The van der Waals surface area contributed by atoms with E-state index in [0.29, 0.717) is 29.9 Å². The Hall–Kier alpha value is -3.40. The Morgan fingerprint density at radius 1 is 1.15 bits per heavy atom. The molecule has 1 saturated carbocycles. The lowest BCUT2D eigenvalue weighted by Gasteiger charge is -2.45. The van der Waals surface area contributed by atoms with Gasteiger partial charge in [-0.2, -0.15) is 10.2 Å². The van der Waals surface area contributed by atoms with Crippen LogP contribution in [0, 0.1) is 28.4 Å². The fourth-order valence-corrected chi connectivity index (χ4v) is 6.17. The number of hydrogen-bond donors (Lipinski definition) is 1. The summed E-state index contributed by atoms with van der Waals surface area (Å²) in [6.45, 7) is 13.6. The molecule has 10 heteroatoms. The highest BCUT2D eigenvalue weighted by atomic mass is 32.2. The Labute approximate surface area is 236 Å². The Balaban J connectivity index is 1.84. The minimum absolute atomic E-state index is 0.0236. The van der Waals surface area contributed by atoms with Gasteiger partial charge < -0.3 is 4.90 Å². The van der Waals surface area contributed by atoms with E-state index in [0.717, 1.165) is 19.1 Å². The molecule has 216 valence electrons. The molecule has 0 radical (unpaired) electrons. The van der Waals surface area contributed by atoms with E-state index in [1.807, 2.05) is 6.92 Å². The fourth-order valence-electron chi connectivity index (χ4n) is 5.60. The lowest BCUT2D eigenvalue weighted by Crippen LogP contribution is -2.46. The first-order valence-electron chi connectivity index (χ1n) is 13.2. The minimum Gasteiger partial charge on any atom is -0.338 e. The molecule has 2 aromatic rings. The third kappa shape index (κ3) is 6.66. The summed E-state index contributed by atoms with van der Waals surface area (Å²) < 4.78 is 54.5. The molecule has 2 atom stereocenters. The predicted octanol–water partition coefficient (Wildman–Crippen LogP) is 6.92. The van der Waals surface area contributed by atoms with Gasteiger partial charge in [-0.15, -0.1) is 0 Å². The number of amides is 1. The third-order valence-electron chi connectivity index (χ3n) is 8.25. The first kappa shape index (κ1) is 31.1. The molecule has 1 aliphatic carbocycles. The normalized spacial score (nSPS) is 21.0. The summed E-state index contributed by atoms with van der Waals surface area (Å²) in [4.78, 5) is 15.2. The molecule has 0 bridgehead atoms. The molecule has 0 unspecified atom stereocenters. The number of azo groups is 1.